The Labute approximate surface area is 139 Å². The van der Waals surface area contributed by atoms with E-state index in [-0.39, 0.29) is 5.56 Å². The quantitative estimate of drug-likeness (QED) is 0.840. The van der Waals surface area contributed by atoms with Crippen LogP contribution in [0.1, 0.15) is 37.4 Å². The highest BCUT2D eigenvalue weighted by atomic mass is 16.1. The van der Waals surface area contributed by atoms with Gasteiger partial charge in [0.15, 0.2) is 0 Å². The predicted molar refractivity (Wildman–Crippen MR) is 92.9 cm³/mol. The van der Waals surface area contributed by atoms with E-state index in [0.717, 1.165) is 55.5 Å². The van der Waals surface area contributed by atoms with Crippen LogP contribution < -0.4 is 5.56 Å². The van der Waals surface area contributed by atoms with E-state index in [1.165, 1.54) is 19.5 Å². The molecule has 23 heavy (non-hydrogen) atoms. The highest BCUT2D eigenvalue weighted by molar-refractivity contribution is 5.21. The molecule has 1 aromatic rings. The van der Waals surface area contributed by atoms with Gasteiger partial charge in [0.25, 0.3) is 5.56 Å². The lowest BCUT2D eigenvalue weighted by molar-refractivity contribution is 0.220. The molecule has 0 N–H and O–H groups in total. The van der Waals surface area contributed by atoms with Gasteiger partial charge in [-0.2, -0.15) is 0 Å². The van der Waals surface area contributed by atoms with E-state index in [9.17, 15) is 4.79 Å². The summed E-state index contributed by atoms with van der Waals surface area (Å²) in [6.07, 6.45) is 3.06. The van der Waals surface area contributed by atoms with Crippen molar-refractivity contribution in [3.8, 4) is 0 Å². The van der Waals surface area contributed by atoms with E-state index >= 15 is 0 Å². The van der Waals surface area contributed by atoms with Crippen LogP contribution in [0.15, 0.2) is 4.79 Å². The number of likely N-dealkylation sites (tertiary alicyclic amines) is 1. The van der Waals surface area contributed by atoms with Gasteiger partial charge in [-0.15, -0.1) is 0 Å². The standard InChI is InChI=1S/C18H30N4O/c1-13(2)22-10-5-15(12-22)11-21-8-6-16-17(7-9-21)19-14(3)20(4)18(16)23/h13,15H,5-12H2,1-4H3. The second-order valence-electron chi connectivity index (χ2n) is 7.49. The van der Waals surface area contributed by atoms with Crippen LogP contribution in [0, 0.1) is 12.8 Å². The van der Waals surface area contributed by atoms with Gasteiger partial charge in [-0.05, 0) is 46.1 Å². The van der Waals surface area contributed by atoms with Gasteiger partial charge >= 0.3 is 0 Å². The summed E-state index contributed by atoms with van der Waals surface area (Å²) < 4.78 is 1.69. The molecule has 1 unspecified atom stereocenters. The SMILES string of the molecule is Cc1nc2c(c(=O)n1C)CCN(CC1CCN(C(C)C)C1)CC2. The van der Waals surface area contributed by atoms with Crippen LogP contribution >= 0.6 is 0 Å². The van der Waals surface area contributed by atoms with Gasteiger partial charge in [-0.1, -0.05) is 0 Å². The molecule has 0 amide bonds. The van der Waals surface area contributed by atoms with Crippen LogP contribution in [-0.4, -0.2) is 58.1 Å². The summed E-state index contributed by atoms with van der Waals surface area (Å²) in [5.41, 5.74) is 2.13. The molecule has 5 heteroatoms. The monoisotopic (exact) mass is 318 g/mol. The Kier molecular flexibility index (Phi) is 4.87. The van der Waals surface area contributed by atoms with Gasteiger partial charge < -0.3 is 9.80 Å². The molecule has 0 saturated carbocycles. The van der Waals surface area contributed by atoms with Crippen molar-refractivity contribution in [1.29, 1.82) is 0 Å². The topological polar surface area (TPSA) is 41.4 Å². The predicted octanol–water partition coefficient (Wildman–Crippen LogP) is 1.22. The second kappa shape index (κ2) is 6.73. The third-order valence-corrected chi connectivity index (χ3v) is 5.60. The fourth-order valence-corrected chi connectivity index (χ4v) is 3.94. The third kappa shape index (κ3) is 3.50. The van der Waals surface area contributed by atoms with Crippen molar-refractivity contribution in [3.05, 3.63) is 27.4 Å². The lowest BCUT2D eigenvalue weighted by Gasteiger charge is -2.25. The van der Waals surface area contributed by atoms with Gasteiger partial charge in [0.2, 0.25) is 0 Å². The number of fused-ring (bicyclic) bond motifs is 1. The maximum absolute atomic E-state index is 12.5. The number of nitrogens with zero attached hydrogens (tertiary/aromatic N) is 4. The van der Waals surface area contributed by atoms with Crippen molar-refractivity contribution in [2.45, 2.75) is 46.1 Å². The van der Waals surface area contributed by atoms with Gasteiger partial charge in [0.1, 0.15) is 5.82 Å². The minimum absolute atomic E-state index is 0.154. The Bertz CT molecular complexity index is 622. The normalized spacial score (nSPS) is 23.3. The lowest BCUT2D eigenvalue weighted by Crippen LogP contribution is -2.34. The minimum atomic E-state index is 0.154. The number of aromatic nitrogens is 2. The molecule has 0 radical (unpaired) electrons. The maximum atomic E-state index is 12.5. The molecule has 2 aliphatic heterocycles. The number of hydrogen-bond acceptors (Lipinski definition) is 4. The molecule has 0 aliphatic carbocycles. The smallest absolute Gasteiger partial charge is 0.256 e. The molecule has 128 valence electrons. The summed E-state index contributed by atoms with van der Waals surface area (Å²) in [5.74, 6) is 1.60. The van der Waals surface area contributed by atoms with Crippen molar-refractivity contribution in [3.63, 3.8) is 0 Å². The van der Waals surface area contributed by atoms with E-state index in [0.29, 0.717) is 6.04 Å². The summed E-state index contributed by atoms with van der Waals surface area (Å²) in [6, 6.07) is 0.656. The number of aryl methyl sites for hydroxylation is 1. The van der Waals surface area contributed by atoms with Crippen LogP contribution in [0.4, 0.5) is 0 Å². The molecule has 3 heterocycles. The zero-order valence-corrected chi connectivity index (χ0v) is 15.0. The molecule has 0 bridgehead atoms. The lowest BCUT2D eigenvalue weighted by atomic mass is 10.1. The second-order valence-corrected chi connectivity index (χ2v) is 7.49. The van der Waals surface area contributed by atoms with Gasteiger partial charge in [-0.3, -0.25) is 9.36 Å². The summed E-state index contributed by atoms with van der Waals surface area (Å²) >= 11 is 0. The molecule has 2 aliphatic rings. The first-order valence-corrected chi connectivity index (χ1v) is 8.97. The highest BCUT2D eigenvalue weighted by Crippen LogP contribution is 2.21. The van der Waals surface area contributed by atoms with Crippen LogP contribution in [-0.2, 0) is 19.9 Å². The Hall–Kier alpha value is -1.20. The fourth-order valence-electron chi connectivity index (χ4n) is 3.94. The average molecular weight is 318 g/mol. The molecule has 1 atom stereocenters. The number of hydrogen-bond donors (Lipinski definition) is 0. The van der Waals surface area contributed by atoms with E-state index in [1.807, 2.05) is 14.0 Å². The Morgan fingerprint density at radius 3 is 2.65 bits per heavy atom. The average Bonchev–Trinajstić information content (AvgIpc) is 2.89. The molecule has 5 nitrogen and oxygen atoms in total. The minimum Gasteiger partial charge on any atom is -0.302 e. The first-order valence-electron chi connectivity index (χ1n) is 8.97. The van der Waals surface area contributed by atoms with Gasteiger partial charge in [-0.25, -0.2) is 4.98 Å². The summed E-state index contributed by atoms with van der Waals surface area (Å²) in [6.45, 7) is 12.1. The molecule has 1 aromatic heterocycles. The number of rotatable bonds is 3. The molecule has 1 saturated heterocycles. The first-order chi connectivity index (χ1) is 11.0. The third-order valence-electron chi connectivity index (χ3n) is 5.60. The Morgan fingerprint density at radius 1 is 1.22 bits per heavy atom. The Balaban J connectivity index is 1.64. The van der Waals surface area contributed by atoms with Crippen LogP contribution in [0.2, 0.25) is 0 Å². The van der Waals surface area contributed by atoms with Crippen molar-refractivity contribution in [1.82, 2.24) is 19.4 Å². The van der Waals surface area contributed by atoms with Crippen LogP contribution in [0.25, 0.3) is 0 Å². The molecular formula is C18H30N4O. The zero-order chi connectivity index (χ0) is 16.6. The summed E-state index contributed by atoms with van der Waals surface area (Å²) in [4.78, 5) is 22.2. The molecule has 3 rings (SSSR count). The molecule has 0 spiro atoms. The zero-order valence-electron chi connectivity index (χ0n) is 15.0. The largest absolute Gasteiger partial charge is 0.302 e. The first kappa shape index (κ1) is 16.7. The summed E-state index contributed by atoms with van der Waals surface area (Å²) in [7, 11) is 1.83. The summed E-state index contributed by atoms with van der Waals surface area (Å²) in [5, 5.41) is 0. The van der Waals surface area contributed by atoms with E-state index in [1.54, 1.807) is 4.57 Å². The molecular weight excluding hydrogens is 288 g/mol. The van der Waals surface area contributed by atoms with E-state index in [4.69, 9.17) is 0 Å². The van der Waals surface area contributed by atoms with Crippen molar-refractivity contribution < 1.29 is 0 Å². The van der Waals surface area contributed by atoms with Crippen molar-refractivity contribution in [2.24, 2.45) is 13.0 Å². The Morgan fingerprint density at radius 2 is 1.96 bits per heavy atom. The van der Waals surface area contributed by atoms with Crippen LogP contribution in [0.5, 0.6) is 0 Å². The molecule has 0 aromatic carbocycles. The van der Waals surface area contributed by atoms with Crippen molar-refractivity contribution in [2.75, 3.05) is 32.7 Å². The fraction of sp³-hybridized carbons (Fsp3) is 0.778. The van der Waals surface area contributed by atoms with E-state index in [2.05, 4.69) is 28.6 Å². The van der Waals surface area contributed by atoms with E-state index < -0.39 is 0 Å². The highest BCUT2D eigenvalue weighted by Gasteiger charge is 2.27. The van der Waals surface area contributed by atoms with Gasteiger partial charge in [0.05, 0.1) is 5.69 Å². The maximum Gasteiger partial charge on any atom is 0.256 e. The molecule has 1 fully saturated rings. The van der Waals surface area contributed by atoms with Crippen molar-refractivity contribution >= 4 is 0 Å². The van der Waals surface area contributed by atoms with Crippen LogP contribution in [0.3, 0.4) is 0 Å². The van der Waals surface area contributed by atoms with Gasteiger partial charge in [0, 0.05) is 51.3 Å².